The van der Waals surface area contributed by atoms with E-state index in [2.05, 4.69) is 5.32 Å². The monoisotopic (exact) mass is 541 g/mol. The van der Waals surface area contributed by atoms with Crippen molar-refractivity contribution >= 4 is 27.5 Å². The van der Waals surface area contributed by atoms with Crippen LogP contribution in [-0.4, -0.2) is 50.0 Å². The average molecular weight is 542 g/mol. The van der Waals surface area contributed by atoms with E-state index in [-0.39, 0.29) is 30.8 Å². The lowest BCUT2D eigenvalue weighted by molar-refractivity contribution is -0.141. The van der Waals surface area contributed by atoms with Crippen molar-refractivity contribution in [2.75, 3.05) is 17.1 Å². The molecule has 1 atom stereocenters. The summed E-state index contributed by atoms with van der Waals surface area (Å²) in [6.45, 7) is 8.28. The van der Waals surface area contributed by atoms with E-state index in [1.54, 1.807) is 4.90 Å². The van der Waals surface area contributed by atoms with E-state index in [0.29, 0.717) is 25.1 Å². The number of carbonyl (C=O) groups is 2. The Morgan fingerprint density at radius 3 is 2.34 bits per heavy atom. The van der Waals surface area contributed by atoms with Crippen LogP contribution in [0.2, 0.25) is 0 Å². The number of benzene rings is 2. The summed E-state index contributed by atoms with van der Waals surface area (Å²) in [5.41, 5.74) is 4.54. The number of sulfonamides is 1. The van der Waals surface area contributed by atoms with Gasteiger partial charge in [0, 0.05) is 25.6 Å². The molecule has 0 aromatic heterocycles. The SMILES string of the molecule is CC[C@H](C(=O)NC1CCCC1)N(Cc1cccc(C)c1)C(=O)CCCN(c1cc(C)ccc1C)S(C)(=O)=O. The normalized spacial score (nSPS) is 14.8. The van der Waals surface area contributed by atoms with Crippen LogP contribution in [0, 0.1) is 20.8 Å². The van der Waals surface area contributed by atoms with Gasteiger partial charge in [-0.2, -0.15) is 0 Å². The molecule has 0 heterocycles. The van der Waals surface area contributed by atoms with Gasteiger partial charge in [0.15, 0.2) is 0 Å². The zero-order chi connectivity index (χ0) is 27.9. The van der Waals surface area contributed by atoms with Gasteiger partial charge in [0.2, 0.25) is 21.8 Å². The Morgan fingerprint density at radius 1 is 1.03 bits per heavy atom. The van der Waals surface area contributed by atoms with Gasteiger partial charge in [0.05, 0.1) is 11.9 Å². The maximum Gasteiger partial charge on any atom is 0.243 e. The van der Waals surface area contributed by atoms with Gasteiger partial charge in [-0.1, -0.05) is 61.7 Å². The van der Waals surface area contributed by atoms with E-state index >= 15 is 0 Å². The molecule has 0 saturated heterocycles. The molecule has 0 spiro atoms. The highest BCUT2D eigenvalue weighted by molar-refractivity contribution is 7.92. The molecule has 3 rings (SSSR count). The number of anilines is 1. The lowest BCUT2D eigenvalue weighted by atomic mass is 10.1. The van der Waals surface area contributed by atoms with Crippen molar-refractivity contribution in [2.45, 2.75) is 91.3 Å². The third-order valence-electron chi connectivity index (χ3n) is 7.31. The summed E-state index contributed by atoms with van der Waals surface area (Å²) < 4.78 is 26.7. The van der Waals surface area contributed by atoms with Crippen molar-refractivity contribution in [1.82, 2.24) is 10.2 Å². The first kappa shape index (κ1) is 29.7. The second-order valence-corrected chi connectivity index (χ2v) is 12.6. The maximum atomic E-state index is 13.6. The van der Waals surface area contributed by atoms with Crippen molar-refractivity contribution in [3.63, 3.8) is 0 Å². The van der Waals surface area contributed by atoms with Crippen LogP contribution in [0.15, 0.2) is 42.5 Å². The predicted octanol–water partition coefficient (Wildman–Crippen LogP) is 5.02. The molecule has 1 aliphatic rings. The molecule has 1 aliphatic carbocycles. The molecule has 38 heavy (non-hydrogen) atoms. The number of hydrogen-bond donors (Lipinski definition) is 1. The van der Waals surface area contributed by atoms with Gasteiger partial charge in [-0.3, -0.25) is 13.9 Å². The van der Waals surface area contributed by atoms with Gasteiger partial charge < -0.3 is 10.2 Å². The number of carbonyl (C=O) groups excluding carboxylic acids is 2. The number of nitrogens with zero attached hydrogens (tertiary/aromatic N) is 2. The second-order valence-electron chi connectivity index (χ2n) is 10.7. The van der Waals surface area contributed by atoms with Crippen LogP contribution >= 0.6 is 0 Å². The van der Waals surface area contributed by atoms with Crippen LogP contribution in [0.3, 0.4) is 0 Å². The van der Waals surface area contributed by atoms with E-state index in [9.17, 15) is 18.0 Å². The number of aryl methyl sites for hydroxylation is 3. The number of amides is 2. The van der Waals surface area contributed by atoms with Gasteiger partial charge in [0.1, 0.15) is 6.04 Å². The molecule has 208 valence electrons. The molecule has 0 aliphatic heterocycles. The number of rotatable bonds is 12. The van der Waals surface area contributed by atoms with E-state index in [0.717, 1.165) is 47.9 Å². The van der Waals surface area contributed by atoms with Crippen molar-refractivity contribution in [2.24, 2.45) is 0 Å². The maximum absolute atomic E-state index is 13.6. The summed E-state index contributed by atoms with van der Waals surface area (Å²) in [4.78, 5) is 28.6. The molecule has 1 N–H and O–H groups in total. The summed E-state index contributed by atoms with van der Waals surface area (Å²) in [5.74, 6) is -0.247. The third kappa shape index (κ3) is 8.06. The quantitative estimate of drug-likeness (QED) is 0.409. The van der Waals surface area contributed by atoms with E-state index in [1.165, 1.54) is 10.6 Å². The Hall–Kier alpha value is -2.87. The molecule has 2 aromatic rings. The fourth-order valence-corrected chi connectivity index (χ4v) is 6.28. The van der Waals surface area contributed by atoms with E-state index in [1.807, 2.05) is 70.2 Å². The number of hydrogen-bond acceptors (Lipinski definition) is 4. The Bertz CT molecular complexity index is 1220. The molecular formula is C30H43N3O4S. The summed E-state index contributed by atoms with van der Waals surface area (Å²) >= 11 is 0. The van der Waals surface area contributed by atoms with Crippen molar-refractivity contribution in [3.8, 4) is 0 Å². The molecular weight excluding hydrogens is 498 g/mol. The molecule has 1 fully saturated rings. The third-order valence-corrected chi connectivity index (χ3v) is 8.49. The van der Waals surface area contributed by atoms with Crippen LogP contribution < -0.4 is 9.62 Å². The highest BCUT2D eigenvalue weighted by Gasteiger charge is 2.31. The van der Waals surface area contributed by atoms with Gasteiger partial charge in [0.25, 0.3) is 0 Å². The zero-order valence-corrected chi connectivity index (χ0v) is 24.3. The molecule has 1 saturated carbocycles. The van der Waals surface area contributed by atoms with Crippen LogP contribution in [0.5, 0.6) is 0 Å². The van der Waals surface area contributed by atoms with E-state index < -0.39 is 16.1 Å². The Morgan fingerprint density at radius 2 is 1.71 bits per heavy atom. The molecule has 0 unspecified atom stereocenters. The van der Waals surface area contributed by atoms with Crippen LogP contribution in [0.1, 0.15) is 74.1 Å². The lowest BCUT2D eigenvalue weighted by Crippen LogP contribution is -2.51. The van der Waals surface area contributed by atoms with Crippen LogP contribution in [-0.2, 0) is 26.2 Å². The molecule has 2 aromatic carbocycles. The van der Waals surface area contributed by atoms with Crippen molar-refractivity contribution in [1.29, 1.82) is 0 Å². The first-order chi connectivity index (χ1) is 18.0. The van der Waals surface area contributed by atoms with Crippen LogP contribution in [0.4, 0.5) is 5.69 Å². The number of nitrogens with one attached hydrogen (secondary N) is 1. The van der Waals surface area contributed by atoms with E-state index in [4.69, 9.17) is 0 Å². The molecule has 2 amide bonds. The van der Waals surface area contributed by atoms with Crippen LogP contribution in [0.25, 0.3) is 0 Å². The Balaban J connectivity index is 1.78. The molecule has 7 nitrogen and oxygen atoms in total. The van der Waals surface area contributed by atoms with Crippen molar-refractivity contribution < 1.29 is 18.0 Å². The lowest BCUT2D eigenvalue weighted by Gasteiger charge is -2.32. The van der Waals surface area contributed by atoms with Gasteiger partial charge >= 0.3 is 0 Å². The molecule has 8 heteroatoms. The van der Waals surface area contributed by atoms with Gasteiger partial charge in [-0.25, -0.2) is 8.42 Å². The topological polar surface area (TPSA) is 86.8 Å². The Kier molecular flexibility index (Phi) is 10.4. The first-order valence-corrected chi connectivity index (χ1v) is 15.5. The minimum atomic E-state index is -3.53. The standard InChI is InChI=1S/C30H43N3O4S/c1-6-27(30(35)31-26-13-7-8-14-26)32(21-25-12-9-11-22(2)19-25)29(34)15-10-18-33(38(5,36)37)28-20-23(3)16-17-24(28)4/h9,11-12,16-17,19-20,26-27H,6-8,10,13-15,18,21H2,1-5H3,(H,31,35)/t27-/m1/s1. The molecule has 0 radical (unpaired) electrons. The predicted molar refractivity (Wildman–Crippen MR) is 154 cm³/mol. The molecule has 0 bridgehead atoms. The summed E-state index contributed by atoms with van der Waals surface area (Å²) in [5, 5.41) is 3.17. The fourth-order valence-electron chi connectivity index (χ4n) is 5.26. The second kappa shape index (κ2) is 13.3. The summed E-state index contributed by atoms with van der Waals surface area (Å²) in [7, 11) is -3.53. The summed E-state index contributed by atoms with van der Waals surface area (Å²) in [6, 6.07) is 13.3. The highest BCUT2D eigenvalue weighted by atomic mass is 32.2. The summed E-state index contributed by atoms with van der Waals surface area (Å²) in [6.07, 6.45) is 6.40. The minimum Gasteiger partial charge on any atom is -0.352 e. The Labute approximate surface area is 228 Å². The highest BCUT2D eigenvalue weighted by Crippen LogP contribution is 2.25. The van der Waals surface area contributed by atoms with Gasteiger partial charge in [-0.15, -0.1) is 0 Å². The van der Waals surface area contributed by atoms with Gasteiger partial charge in [-0.05, 0) is 69.2 Å². The first-order valence-electron chi connectivity index (χ1n) is 13.7. The minimum absolute atomic E-state index is 0.103. The van der Waals surface area contributed by atoms with Crippen molar-refractivity contribution in [3.05, 3.63) is 64.7 Å². The zero-order valence-electron chi connectivity index (χ0n) is 23.5. The average Bonchev–Trinajstić information content (AvgIpc) is 3.35. The smallest absolute Gasteiger partial charge is 0.243 e. The fraction of sp³-hybridized carbons (Fsp3) is 0.533. The largest absolute Gasteiger partial charge is 0.352 e.